The van der Waals surface area contributed by atoms with Crippen LogP contribution < -0.4 is 9.80 Å². The second-order valence-electron chi connectivity index (χ2n) is 14.6. The van der Waals surface area contributed by atoms with Gasteiger partial charge < -0.3 is 9.80 Å². The summed E-state index contributed by atoms with van der Waals surface area (Å²) in [6.45, 7) is 7.89. The summed E-state index contributed by atoms with van der Waals surface area (Å²) in [7, 11) is -7.40. The molecule has 62 heavy (non-hydrogen) atoms. The van der Waals surface area contributed by atoms with Crippen LogP contribution in [-0.4, -0.2) is 87.8 Å². The van der Waals surface area contributed by atoms with Gasteiger partial charge in [0, 0.05) is 76.0 Å². The van der Waals surface area contributed by atoms with Gasteiger partial charge in [-0.3, -0.25) is 0 Å². The zero-order chi connectivity index (χ0) is 44.3. The van der Waals surface area contributed by atoms with Crippen LogP contribution >= 0.6 is 92.3 Å². The van der Waals surface area contributed by atoms with Gasteiger partial charge in [0.25, 0.3) is 0 Å². The summed E-state index contributed by atoms with van der Waals surface area (Å²) in [4.78, 5) is 13.8. The smallest absolute Gasteiger partial charge is 0.244 e. The van der Waals surface area contributed by atoms with E-state index in [0.29, 0.717) is 68.8 Å². The zero-order valence-electron chi connectivity index (χ0n) is 33.4. The first-order chi connectivity index (χ1) is 29.5. The van der Waals surface area contributed by atoms with Gasteiger partial charge in [-0.05, 0) is 72.5 Å². The lowest BCUT2D eigenvalue weighted by atomic mass is 10.0. The average molecular weight is 1030 g/mol. The van der Waals surface area contributed by atoms with Crippen LogP contribution in [0.3, 0.4) is 0 Å². The van der Waals surface area contributed by atoms with Gasteiger partial charge in [-0.15, -0.1) is 22.7 Å². The molecule has 2 fully saturated rings. The Morgan fingerprint density at radius 1 is 0.516 bits per heavy atom. The quantitative estimate of drug-likeness (QED) is 0.134. The lowest BCUT2D eigenvalue weighted by molar-refractivity contribution is 0.384. The number of hydrogen-bond acceptors (Lipinski definition) is 10. The van der Waals surface area contributed by atoms with E-state index in [9.17, 15) is 16.8 Å². The van der Waals surface area contributed by atoms with Gasteiger partial charge in [0.2, 0.25) is 20.0 Å². The summed E-state index contributed by atoms with van der Waals surface area (Å²) in [6, 6.07) is 21.4. The van der Waals surface area contributed by atoms with Gasteiger partial charge in [-0.2, -0.15) is 8.61 Å². The molecule has 10 nitrogen and oxygen atoms in total. The number of halogens is 6. The molecule has 328 valence electrons. The fraction of sp³-hybridized carbons (Fsp3) is 0.286. The molecular formula is C42H40Cl6N6O4S4. The van der Waals surface area contributed by atoms with Crippen LogP contribution in [0.4, 0.5) is 10.3 Å². The predicted octanol–water partition coefficient (Wildman–Crippen LogP) is 11.0. The molecule has 2 aromatic heterocycles. The number of piperazine rings is 2. The van der Waals surface area contributed by atoms with Crippen LogP contribution in [0.2, 0.25) is 30.1 Å². The summed E-state index contributed by atoms with van der Waals surface area (Å²) in [5.41, 5.74) is 6.80. The van der Waals surface area contributed by atoms with E-state index in [-0.39, 0.29) is 29.9 Å². The molecule has 0 amide bonds. The Balaban J connectivity index is 0.000000186. The van der Waals surface area contributed by atoms with Crippen LogP contribution in [0.1, 0.15) is 33.6 Å². The van der Waals surface area contributed by atoms with E-state index < -0.39 is 20.0 Å². The van der Waals surface area contributed by atoms with Gasteiger partial charge >= 0.3 is 0 Å². The Hall–Kier alpha value is -2.70. The van der Waals surface area contributed by atoms with Crippen molar-refractivity contribution in [3.05, 3.63) is 147 Å². The molecule has 0 unspecified atom stereocenters. The first-order valence-corrected chi connectivity index (χ1v) is 26.2. The van der Waals surface area contributed by atoms with Crippen LogP contribution in [0.25, 0.3) is 0 Å². The normalized spacial score (nSPS) is 15.4. The zero-order valence-corrected chi connectivity index (χ0v) is 41.2. The number of sulfonamides is 2. The highest BCUT2D eigenvalue weighted by atomic mass is 35.5. The molecule has 0 bridgehead atoms. The summed E-state index contributed by atoms with van der Waals surface area (Å²) in [5.74, 6) is 0. The maximum Gasteiger partial charge on any atom is 0.244 e. The fourth-order valence-corrected chi connectivity index (χ4v) is 13.3. The third-order valence-electron chi connectivity index (χ3n) is 10.5. The van der Waals surface area contributed by atoms with Gasteiger partial charge in [-0.1, -0.05) is 106 Å². The Labute approximate surface area is 400 Å². The number of benzene rings is 4. The van der Waals surface area contributed by atoms with E-state index in [1.165, 1.54) is 37.4 Å². The first-order valence-electron chi connectivity index (χ1n) is 19.3. The van der Waals surface area contributed by atoms with Crippen molar-refractivity contribution in [2.75, 3.05) is 62.2 Å². The van der Waals surface area contributed by atoms with Crippen molar-refractivity contribution in [2.45, 2.75) is 36.5 Å². The maximum absolute atomic E-state index is 13.0. The van der Waals surface area contributed by atoms with Crippen molar-refractivity contribution >= 4 is 123 Å². The Morgan fingerprint density at radius 3 is 1.39 bits per heavy atom. The van der Waals surface area contributed by atoms with Crippen molar-refractivity contribution in [1.29, 1.82) is 0 Å². The lowest BCUT2D eigenvalue weighted by Crippen LogP contribution is -2.48. The van der Waals surface area contributed by atoms with E-state index in [0.717, 1.165) is 33.6 Å². The van der Waals surface area contributed by atoms with Crippen molar-refractivity contribution in [1.82, 2.24) is 18.6 Å². The molecule has 2 aliphatic heterocycles. The van der Waals surface area contributed by atoms with E-state index >= 15 is 0 Å². The predicted molar refractivity (Wildman–Crippen MR) is 257 cm³/mol. The molecule has 2 saturated heterocycles. The molecule has 0 spiro atoms. The summed E-state index contributed by atoms with van der Waals surface area (Å²) in [5, 5.41) is 7.51. The molecule has 2 aliphatic rings. The third kappa shape index (κ3) is 10.9. The summed E-state index contributed by atoms with van der Waals surface area (Å²) >= 11 is 39.5. The molecule has 0 N–H and O–H groups in total. The van der Waals surface area contributed by atoms with Crippen LogP contribution in [0.5, 0.6) is 0 Å². The summed E-state index contributed by atoms with van der Waals surface area (Å²) in [6.07, 6.45) is 1.44. The van der Waals surface area contributed by atoms with Crippen LogP contribution in [-0.2, 0) is 32.9 Å². The number of rotatable bonds is 10. The number of aryl methyl sites for hydroxylation is 2. The molecular weight excluding hydrogens is 993 g/mol. The minimum absolute atomic E-state index is 0.0354. The second kappa shape index (κ2) is 20.2. The van der Waals surface area contributed by atoms with Crippen LogP contribution in [0, 0.1) is 13.8 Å². The molecule has 20 heteroatoms. The van der Waals surface area contributed by atoms with Crippen LogP contribution in [0.15, 0.2) is 93.3 Å². The molecule has 0 radical (unpaired) electrons. The third-order valence-corrected chi connectivity index (χ3v) is 18.9. The van der Waals surface area contributed by atoms with Crippen molar-refractivity contribution in [2.24, 2.45) is 0 Å². The SMILES string of the molecule is Cc1ccc(Cc2csc(N3CCN(S(=O)(=O)c4cccc(Cl)c4Cl)CC3)n2)cc1C.O=S(=O)(c1cccc(Cl)c1Cl)N1CCN(c2nc(Cc3ccc(Cl)c(Cl)c3)cs2)CC1. The van der Waals surface area contributed by atoms with Crippen molar-refractivity contribution in [3.8, 4) is 0 Å². The largest absolute Gasteiger partial charge is 0.345 e. The standard InChI is InChI=1S/C22H23Cl2N3O2S2.C20H17Cl4N3O2S2/c1-15-6-7-17(12-16(15)2)13-18-14-30-22(25-18)26-8-10-27(11-9-26)31(28,29)20-5-3-4-19(23)21(20)24;21-15-5-4-13(11-17(15)23)10-14-12-30-20(25-14)26-6-8-27(9-7-26)31(28,29)18-3-1-2-16(22)19(18)24/h3-7,12,14H,8-11,13H2,1-2H3;1-5,11-12H,6-10H2. The molecule has 0 aliphatic carbocycles. The average Bonchev–Trinajstić information content (AvgIpc) is 3.93. The van der Waals surface area contributed by atoms with Gasteiger partial charge in [-0.25, -0.2) is 26.8 Å². The topological polar surface area (TPSA) is 107 Å². The first kappa shape index (κ1) is 47.3. The highest BCUT2D eigenvalue weighted by molar-refractivity contribution is 7.89. The van der Waals surface area contributed by atoms with E-state index in [1.807, 2.05) is 17.5 Å². The minimum Gasteiger partial charge on any atom is -0.345 e. The van der Waals surface area contributed by atoms with Crippen molar-refractivity contribution in [3.63, 3.8) is 0 Å². The minimum atomic E-state index is -3.71. The number of hydrogen-bond donors (Lipinski definition) is 0. The molecule has 0 saturated carbocycles. The molecule has 8 rings (SSSR count). The Bertz CT molecular complexity index is 2600. The Kier molecular flexibility index (Phi) is 15.4. The number of thiazole rings is 2. The van der Waals surface area contributed by atoms with E-state index in [2.05, 4.69) is 47.2 Å². The fourth-order valence-electron chi connectivity index (χ4n) is 6.91. The van der Waals surface area contributed by atoms with E-state index in [4.69, 9.17) is 79.6 Å². The van der Waals surface area contributed by atoms with Crippen molar-refractivity contribution < 1.29 is 16.8 Å². The van der Waals surface area contributed by atoms with Gasteiger partial charge in [0.1, 0.15) is 9.79 Å². The number of nitrogens with zero attached hydrogens (tertiary/aromatic N) is 6. The van der Waals surface area contributed by atoms with Gasteiger partial charge in [0.05, 0.1) is 41.5 Å². The second-order valence-corrected chi connectivity index (χ2v) is 22.5. The molecule has 4 heterocycles. The molecule has 6 aromatic rings. The molecule has 0 atom stereocenters. The highest BCUT2D eigenvalue weighted by Crippen LogP contribution is 2.34. The number of aromatic nitrogens is 2. The van der Waals surface area contributed by atoms with E-state index in [1.54, 1.807) is 53.0 Å². The highest BCUT2D eigenvalue weighted by Gasteiger charge is 2.33. The summed E-state index contributed by atoms with van der Waals surface area (Å²) < 4.78 is 54.9. The van der Waals surface area contributed by atoms with Gasteiger partial charge in [0.15, 0.2) is 10.3 Å². The maximum atomic E-state index is 13.0. The monoisotopic (exact) mass is 1030 g/mol. The lowest BCUT2D eigenvalue weighted by Gasteiger charge is -2.34. The Morgan fingerprint density at radius 2 is 0.952 bits per heavy atom. The molecule has 4 aromatic carbocycles. The number of anilines is 2.